The van der Waals surface area contributed by atoms with Crippen LogP contribution in [-0.2, 0) is 19.0 Å². The zero-order valence-electron chi connectivity index (χ0n) is 12.5. The van der Waals surface area contributed by atoms with Crippen LogP contribution >= 0.6 is 0 Å². The van der Waals surface area contributed by atoms with Crippen molar-refractivity contribution in [1.29, 1.82) is 0 Å². The maximum Gasteiger partial charge on any atom is 0.309 e. The quantitative estimate of drug-likeness (QED) is 0.397. The molecule has 1 fully saturated rings. The number of carbonyl (C=O) groups excluding carboxylic acids is 1. The van der Waals surface area contributed by atoms with E-state index in [-0.39, 0.29) is 24.6 Å². The fourth-order valence-electron chi connectivity index (χ4n) is 2.20. The minimum Gasteiger partial charge on any atom is -0.468 e. The molecule has 0 aliphatic heterocycles. The van der Waals surface area contributed by atoms with E-state index in [1.54, 1.807) is 7.11 Å². The van der Waals surface area contributed by atoms with Crippen LogP contribution in [0.3, 0.4) is 0 Å². The normalized spacial score (nSPS) is 20.1. The van der Waals surface area contributed by atoms with E-state index >= 15 is 0 Å². The summed E-state index contributed by atoms with van der Waals surface area (Å²) in [4.78, 5) is 11.6. The standard InChI is InChI=1S/C16H22O5/c1-3-20-16(17)15-10-14(15)12-4-6-13(7-5-12)21-11-19-9-8-18-2/h4-7,14-15H,3,8-11H2,1-2H3/t14-,15+/m1/s1. The van der Waals surface area contributed by atoms with Crippen molar-refractivity contribution in [2.24, 2.45) is 5.92 Å². The van der Waals surface area contributed by atoms with Crippen molar-refractivity contribution in [3.05, 3.63) is 29.8 Å². The van der Waals surface area contributed by atoms with Gasteiger partial charge < -0.3 is 18.9 Å². The van der Waals surface area contributed by atoms with E-state index in [0.717, 1.165) is 17.7 Å². The van der Waals surface area contributed by atoms with Gasteiger partial charge in [0.15, 0.2) is 6.79 Å². The lowest BCUT2D eigenvalue weighted by molar-refractivity contribution is -0.144. The zero-order valence-corrected chi connectivity index (χ0v) is 12.5. The van der Waals surface area contributed by atoms with Crippen LogP contribution in [-0.4, -0.2) is 39.7 Å². The summed E-state index contributed by atoms with van der Waals surface area (Å²) in [6.07, 6.45) is 0.874. The molecule has 1 aliphatic rings. The number of rotatable bonds is 9. The number of carbonyl (C=O) groups is 1. The summed E-state index contributed by atoms with van der Waals surface area (Å²) < 4.78 is 20.6. The van der Waals surface area contributed by atoms with Gasteiger partial charge in [-0.3, -0.25) is 4.79 Å². The van der Waals surface area contributed by atoms with Gasteiger partial charge in [0.2, 0.25) is 0 Å². The smallest absolute Gasteiger partial charge is 0.309 e. The first-order valence-electron chi connectivity index (χ1n) is 7.22. The lowest BCUT2D eigenvalue weighted by Gasteiger charge is -2.08. The number of methoxy groups -OCH3 is 1. The molecular weight excluding hydrogens is 272 g/mol. The molecule has 0 radical (unpaired) electrons. The lowest BCUT2D eigenvalue weighted by Crippen LogP contribution is -2.08. The van der Waals surface area contributed by atoms with Crippen LogP contribution < -0.4 is 4.74 Å². The van der Waals surface area contributed by atoms with Gasteiger partial charge in [-0.15, -0.1) is 0 Å². The highest BCUT2D eigenvalue weighted by Crippen LogP contribution is 2.48. The second-order valence-electron chi connectivity index (χ2n) is 4.93. The number of hydrogen-bond donors (Lipinski definition) is 0. The molecule has 0 spiro atoms. The topological polar surface area (TPSA) is 54.0 Å². The van der Waals surface area contributed by atoms with E-state index in [0.29, 0.717) is 19.8 Å². The van der Waals surface area contributed by atoms with Crippen molar-refractivity contribution >= 4 is 5.97 Å². The maximum atomic E-state index is 11.6. The summed E-state index contributed by atoms with van der Waals surface area (Å²) in [5.74, 6) is 0.976. The Labute approximate surface area is 125 Å². The molecule has 0 unspecified atom stereocenters. The van der Waals surface area contributed by atoms with Crippen LogP contribution in [0.5, 0.6) is 5.75 Å². The minimum absolute atomic E-state index is 0.0223. The molecule has 1 aromatic rings. The van der Waals surface area contributed by atoms with Crippen LogP contribution in [0.25, 0.3) is 0 Å². The van der Waals surface area contributed by atoms with Crippen molar-refractivity contribution in [2.75, 3.05) is 33.7 Å². The molecule has 0 N–H and O–H groups in total. The van der Waals surface area contributed by atoms with Crippen molar-refractivity contribution in [3.63, 3.8) is 0 Å². The lowest BCUT2D eigenvalue weighted by atomic mass is 10.1. The molecule has 0 bridgehead atoms. The third kappa shape index (κ3) is 4.72. The van der Waals surface area contributed by atoms with E-state index < -0.39 is 0 Å². The Bertz CT molecular complexity index is 442. The summed E-state index contributed by atoms with van der Waals surface area (Å²) in [5.41, 5.74) is 1.15. The first kappa shape index (κ1) is 15.8. The fourth-order valence-corrected chi connectivity index (χ4v) is 2.20. The third-order valence-electron chi connectivity index (χ3n) is 3.43. The highest BCUT2D eigenvalue weighted by Gasteiger charge is 2.45. The first-order valence-corrected chi connectivity index (χ1v) is 7.22. The summed E-state index contributed by atoms with van der Waals surface area (Å²) in [6.45, 7) is 3.54. The molecule has 0 amide bonds. The molecule has 0 saturated heterocycles. The van der Waals surface area contributed by atoms with Gasteiger partial charge in [0.1, 0.15) is 5.75 Å². The molecule has 1 aromatic carbocycles. The van der Waals surface area contributed by atoms with Crippen LogP contribution in [0.4, 0.5) is 0 Å². The monoisotopic (exact) mass is 294 g/mol. The van der Waals surface area contributed by atoms with E-state index in [4.69, 9.17) is 18.9 Å². The highest BCUT2D eigenvalue weighted by atomic mass is 16.7. The largest absolute Gasteiger partial charge is 0.468 e. The molecule has 5 heteroatoms. The minimum atomic E-state index is -0.0885. The Morgan fingerprint density at radius 3 is 2.67 bits per heavy atom. The average Bonchev–Trinajstić information content (AvgIpc) is 3.29. The van der Waals surface area contributed by atoms with Crippen LogP contribution in [0.2, 0.25) is 0 Å². The molecule has 5 nitrogen and oxygen atoms in total. The van der Waals surface area contributed by atoms with Gasteiger partial charge in [0.05, 0.1) is 25.7 Å². The Hall–Kier alpha value is -1.59. The van der Waals surface area contributed by atoms with E-state index in [9.17, 15) is 4.79 Å². The molecule has 0 heterocycles. The van der Waals surface area contributed by atoms with Gasteiger partial charge in [-0.2, -0.15) is 0 Å². The number of hydrogen-bond acceptors (Lipinski definition) is 5. The number of ether oxygens (including phenoxy) is 4. The van der Waals surface area contributed by atoms with Crippen LogP contribution in [0.1, 0.15) is 24.8 Å². The van der Waals surface area contributed by atoms with Gasteiger partial charge >= 0.3 is 5.97 Å². The fraction of sp³-hybridized carbons (Fsp3) is 0.562. The van der Waals surface area contributed by atoms with Crippen molar-refractivity contribution < 1.29 is 23.7 Å². The predicted octanol–water partition coefficient (Wildman–Crippen LogP) is 2.35. The molecule has 21 heavy (non-hydrogen) atoms. The SMILES string of the molecule is CCOC(=O)[C@H]1C[C@@H]1c1ccc(OCOCCOC)cc1. The van der Waals surface area contributed by atoms with Gasteiger partial charge in [-0.1, -0.05) is 12.1 Å². The second-order valence-corrected chi connectivity index (χ2v) is 4.93. The number of benzene rings is 1. The van der Waals surface area contributed by atoms with Crippen LogP contribution in [0.15, 0.2) is 24.3 Å². The van der Waals surface area contributed by atoms with Crippen molar-refractivity contribution in [2.45, 2.75) is 19.3 Å². The summed E-state index contributed by atoms with van der Waals surface area (Å²) in [5, 5.41) is 0. The van der Waals surface area contributed by atoms with Gasteiger partial charge in [-0.25, -0.2) is 0 Å². The third-order valence-corrected chi connectivity index (χ3v) is 3.43. The number of esters is 1. The Kier molecular flexibility index (Phi) is 6.02. The molecule has 2 rings (SSSR count). The van der Waals surface area contributed by atoms with E-state index in [2.05, 4.69) is 0 Å². The zero-order chi connectivity index (χ0) is 15.1. The van der Waals surface area contributed by atoms with Gasteiger partial charge in [0.25, 0.3) is 0 Å². The Morgan fingerprint density at radius 1 is 1.24 bits per heavy atom. The molecular formula is C16H22O5. The predicted molar refractivity (Wildman–Crippen MR) is 77.2 cm³/mol. The van der Waals surface area contributed by atoms with Crippen LogP contribution in [0, 0.1) is 5.92 Å². The van der Waals surface area contributed by atoms with Crippen molar-refractivity contribution in [3.8, 4) is 5.75 Å². The summed E-state index contributed by atoms with van der Waals surface area (Å²) >= 11 is 0. The molecule has 2 atom stereocenters. The average molecular weight is 294 g/mol. The van der Waals surface area contributed by atoms with E-state index in [1.807, 2.05) is 31.2 Å². The van der Waals surface area contributed by atoms with Gasteiger partial charge in [-0.05, 0) is 37.0 Å². The molecule has 1 aliphatic carbocycles. The second kappa shape index (κ2) is 8.00. The summed E-state index contributed by atoms with van der Waals surface area (Å²) in [6, 6.07) is 7.79. The van der Waals surface area contributed by atoms with Crippen molar-refractivity contribution in [1.82, 2.24) is 0 Å². The Balaban J connectivity index is 1.74. The molecule has 116 valence electrons. The van der Waals surface area contributed by atoms with E-state index in [1.165, 1.54) is 0 Å². The molecule has 0 aromatic heterocycles. The highest BCUT2D eigenvalue weighted by molar-refractivity contribution is 5.77. The van der Waals surface area contributed by atoms with Gasteiger partial charge in [0, 0.05) is 7.11 Å². The maximum absolute atomic E-state index is 11.6. The summed E-state index contributed by atoms with van der Waals surface area (Å²) in [7, 11) is 1.63. The molecule has 1 saturated carbocycles. The Morgan fingerprint density at radius 2 is 2.00 bits per heavy atom. The first-order chi connectivity index (χ1) is 10.3.